The molecular formula is C25H38N4. The van der Waals surface area contributed by atoms with Crippen molar-refractivity contribution in [3.63, 3.8) is 0 Å². The van der Waals surface area contributed by atoms with E-state index in [4.69, 9.17) is 0 Å². The molecule has 158 valence electrons. The summed E-state index contributed by atoms with van der Waals surface area (Å²) in [7, 11) is 0. The van der Waals surface area contributed by atoms with Gasteiger partial charge in [-0.2, -0.15) is 0 Å². The van der Waals surface area contributed by atoms with Gasteiger partial charge in [0.2, 0.25) is 0 Å². The molecule has 0 saturated heterocycles. The minimum atomic E-state index is -0.146. The Bertz CT molecular complexity index is 782. The highest BCUT2D eigenvalue weighted by Gasteiger charge is 2.41. The van der Waals surface area contributed by atoms with Crippen LogP contribution in [0.3, 0.4) is 0 Å². The molecule has 1 aromatic heterocycles. The zero-order valence-electron chi connectivity index (χ0n) is 18.9. The second kappa shape index (κ2) is 9.77. The zero-order chi connectivity index (χ0) is 20.7. The summed E-state index contributed by atoms with van der Waals surface area (Å²) >= 11 is 0. The fourth-order valence-electron chi connectivity index (χ4n) is 4.55. The molecule has 0 bridgehead atoms. The van der Waals surface area contributed by atoms with Crippen molar-refractivity contribution in [2.24, 2.45) is 5.41 Å². The van der Waals surface area contributed by atoms with Crippen molar-refractivity contribution in [2.45, 2.75) is 104 Å². The van der Waals surface area contributed by atoms with Crippen LogP contribution in [-0.4, -0.2) is 20.6 Å². The Balaban J connectivity index is 2.00. The van der Waals surface area contributed by atoms with Crippen LogP contribution >= 0.6 is 0 Å². The Kier molecular flexibility index (Phi) is 7.37. The highest BCUT2D eigenvalue weighted by molar-refractivity contribution is 5.66. The molecule has 0 unspecified atom stereocenters. The van der Waals surface area contributed by atoms with Gasteiger partial charge in [0.1, 0.15) is 5.69 Å². The predicted octanol–water partition coefficient (Wildman–Crippen LogP) is 6.69. The first-order valence-corrected chi connectivity index (χ1v) is 11.6. The van der Waals surface area contributed by atoms with Crippen LogP contribution in [0.2, 0.25) is 0 Å². The Morgan fingerprint density at radius 3 is 2.00 bits per heavy atom. The van der Waals surface area contributed by atoms with Gasteiger partial charge in [0.05, 0.1) is 5.69 Å². The molecule has 0 atom stereocenters. The largest absolute Gasteiger partial charge is 0.131 e. The van der Waals surface area contributed by atoms with Gasteiger partial charge in [0.15, 0.2) is 0 Å². The maximum atomic E-state index is 4.56. The van der Waals surface area contributed by atoms with E-state index in [-0.39, 0.29) is 10.8 Å². The third-order valence-corrected chi connectivity index (χ3v) is 7.36. The van der Waals surface area contributed by atoms with E-state index in [1.54, 1.807) is 0 Å². The maximum absolute atomic E-state index is 4.56. The topological polar surface area (TPSA) is 51.6 Å². The van der Waals surface area contributed by atoms with Crippen LogP contribution in [-0.2, 0) is 11.8 Å². The third kappa shape index (κ3) is 5.21. The Morgan fingerprint density at radius 2 is 1.28 bits per heavy atom. The molecule has 1 aliphatic carbocycles. The van der Waals surface area contributed by atoms with Gasteiger partial charge in [-0.3, -0.25) is 0 Å². The van der Waals surface area contributed by atoms with E-state index in [1.807, 2.05) is 0 Å². The summed E-state index contributed by atoms with van der Waals surface area (Å²) < 4.78 is 0. The lowest BCUT2D eigenvalue weighted by molar-refractivity contribution is 0.168. The van der Waals surface area contributed by atoms with E-state index in [0.717, 1.165) is 17.8 Å². The van der Waals surface area contributed by atoms with Gasteiger partial charge in [-0.05, 0) is 40.7 Å². The van der Waals surface area contributed by atoms with Crippen molar-refractivity contribution in [1.29, 1.82) is 0 Å². The van der Waals surface area contributed by atoms with Crippen LogP contribution in [0.5, 0.6) is 0 Å². The van der Waals surface area contributed by atoms with Crippen molar-refractivity contribution in [2.75, 3.05) is 0 Å². The van der Waals surface area contributed by atoms with Crippen molar-refractivity contribution < 1.29 is 0 Å². The standard InChI is InChI=1S/C25H38N4/c1-24(2)19-15-11-9-7-5-6-8-10-12-16-20-17-13-14-18-21(20)22-23(25(24,3)4)27-29-28-26-22/h13-14,17-18H,5-12,15-16,19H2,1-4H3. The number of fused-ring (bicyclic) bond motifs is 3. The van der Waals surface area contributed by atoms with E-state index in [2.05, 4.69) is 72.6 Å². The summed E-state index contributed by atoms with van der Waals surface area (Å²) in [4.78, 5) is 0. The van der Waals surface area contributed by atoms with Gasteiger partial charge in [-0.25, -0.2) is 0 Å². The first kappa shape index (κ1) is 21.9. The van der Waals surface area contributed by atoms with Crippen LogP contribution in [0.4, 0.5) is 0 Å². The lowest BCUT2D eigenvalue weighted by Crippen LogP contribution is -2.38. The molecule has 2 aromatic rings. The van der Waals surface area contributed by atoms with Gasteiger partial charge >= 0.3 is 0 Å². The number of aromatic nitrogens is 4. The molecule has 0 saturated carbocycles. The van der Waals surface area contributed by atoms with Crippen LogP contribution in [0.1, 0.15) is 103 Å². The second-order valence-corrected chi connectivity index (χ2v) is 9.92. The lowest BCUT2D eigenvalue weighted by Gasteiger charge is -2.41. The molecule has 0 radical (unpaired) electrons. The van der Waals surface area contributed by atoms with Crippen molar-refractivity contribution in [3.05, 3.63) is 35.5 Å². The van der Waals surface area contributed by atoms with E-state index >= 15 is 0 Å². The number of benzene rings is 1. The smallest absolute Gasteiger partial charge is 0.119 e. The number of hydrogen-bond donors (Lipinski definition) is 0. The van der Waals surface area contributed by atoms with Crippen LogP contribution in [0.25, 0.3) is 11.3 Å². The van der Waals surface area contributed by atoms with Crippen LogP contribution < -0.4 is 0 Å². The van der Waals surface area contributed by atoms with Crippen LogP contribution in [0, 0.1) is 5.41 Å². The molecule has 0 aliphatic heterocycles. The molecule has 0 amide bonds. The van der Waals surface area contributed by atoms with Crippen molar-refractivity contribution in [3.8, 4) is 11.3 Å². The number of hydrogen-bond acceptors (Lipinski definition) is 4. The SMILES string of the molecule is CC1(C)CCCCCCCCCCCc2ccccc2-c2nnnnc2C1(C)C. The monoisotopic (exact) mass is 394 g/mol. The summed E-state index contributed by atoms with van der Waals surface area (Å²) in [6, 6.07) is 8.67. The van der Waals surface area contributed by atoms with Gasteiger partial charge in [0.25, 0.3) is 0 Å². The first-order chi connectivity index (χ1) is 13.9. The van der Waals surface area contributed by atoms with Gasteiger partial charge in [-0.15, -0.1) is 10.2 Å². The number of aryl methyl sites for hydroxylation is 1. The molecule has 1 aromatic carbocycles. The molecule has 1 aliphatic rings. The summed E-state index contributed by atoms with van der Waals surface area (Å²) in [5.41, 5.74) is 4.38. The molecule has 0 fully saturated rings. The van der Waals surface area contributed by atoms with E-state index in [1.165, 1.54) is 75.3 Å². The number of rotatable bonds is 0. The minimum Gasteiger partial charge on any atom is -0.131 e. The molecule has 3 rings (SSSR count). The Hall–Kier alpha value is -1.84. The summed E-state index contributed by atoms with van der Waals surface area (Å²) in [5.74, 6) is 0. The van der Waals surface area contributed by atoms with E-state index < -0.39 is 0 Å². The van der Waals surface area contributed by atoms with E-state index in [0.29, 0.717) is 0 Å². The fraction of sp³-hybridized carbons (Fsp3) is 0.680. The summed E-state index contributed by atoms with van der Waals surface area (Å²) in [5, 5.41) is 17.0. The molecule has 1 heterocycles. The molecule has 29 heavy (non-hydrogen) atoms. The fourth-order valence-corrected chi connectivity index (χ4v) is 4.55. The normalized spacial score (nSPS) is 20.8. The predicted molar refractivity (Wildman–Crippen MR) is 120 cm³/mol. The first-order valence-electron chi connectivity index (χ1n) is 11.6. The zero-order valence-corrected chi connectivity index (χ0v) is 18.9. The van der Waals surface area contributed by atoms with Gasteiger partial charge in [-0.1, -0.05) is 103 Å². The van der Waals surface area contributed by atoms with Gasteiger partial charge in [0, 0.05) is 11.0 Å². The average molecular weight is 395 g/mol. The van der Waals surface area contributed by atoms with Gasteiger partial charge < -0.3 is 0 Å². The molecule has 0 spiro atoms. The molecular weight excluding hydrogens is 356 g/mol. The average Bonchev–Trinajstić information content (AvgIpc) is 2.71. The lowest BCUT2D eigenvalue weighted by atomic mass is 9.63. The molecule has 4 heteroatoms. The second-order valence-electron chi connectivity index (χ2n) is 9.92. The van der Waals surface area contributed by atoms with Crippen LogP contribution in [0.15, 0.2) is 24.3 Å². The highest BCUT2D eigenvalue weighted by Crippen LogP contribution is 2.46. The maximum Gasteiger partial charge on any atom is 0.119 e. The minimum absolute atomic E-state index is 0.0996. The Morgan fingerprint density at radius 1 is 0.690 bits per heavy atom. The number of nitrogens with zero attached hydrogens (tertiary/aromatic N) is 4. The summed E-state index contributed by atoms with van der Waals surface area (Å²) in [6.07, 6.45) is 14.3. The Labute approximate surface area is 176 Å². The van der Waals surface area contributed by atoms with Crippen molar-refractivity contribution >= 4 is 0 Å². The molecule has 0 N–H and O–H groups in total. The van der Waals surface area contributed by atoms with Crippen molar-refractivity contribution in [1.82, 2.24) is 20.6 Å². The third-order valence-electron chi connectivity index (χ3n) is 7.36. The molecule has 4 nitrogen and oxygen atoms in total. The van der Waals surface area contributed by atoms with E-state index in [9.17, 15) is 0 Å². The quantitative estimate of drug-likeness (QED) is 0.499. The highest BCUT2D eigenvalue weighted by atomic mass is 15.4. The summed E-state index contributed by atoms with van der Waals surface area (Å²) in [6.45, 7) is 9.36.